The second-order valence-electron chi connectivity index (χ2n) is 9.46. The number of carboxylic acids is 1. The van der Waals surface area contributed by atoms with Crippen molar-refractivity contribution in [2.75, 3.05) is 23.3 Å². The zero-order valence-corrected chi connectivity index (χ0v) is 21.7. The number of amides is 2. The minimum Gasteiger partial charge on any atom is -0.480 e. The quantitative estimate of drug-likeness (QED) is 0.330. The first kappa shape index (κ1) is 27.2. The van der Waals surface area contributed by atoms with Gasteiger partial charge in [0.05, 0.1) is 16.0 Å². The van der Waals surface area contributed by atoms with E-state index in [-0.39, 0.29) is 36.5 Å². The highest BCUT2D eigenvalue weighted by molar-refractivity contribution is 7.89. The molecule has 0 spiro atoms. The molecule has 2 amide bonds. The zero-order chi connectivity index (χ0) is 28.8. The van der Waals surface area contributed by atoms with Gasteiger partial charge in [-0.1, -0.05) is 0 Å². The van der Waals surface area contributed by atoms with Crippen molar-refractivity contribution in [3.63, 3.8) is 0 Å². The molecule has 2 aliphatic rings. The van der Waals surface area contributed by atoms with Gasteiger partial charge in [-0.05, 0) is 43.2 Å². The molecule has 210 valence electrons. The van der Waals surface area contributed by atoms with E-state index in [1.165, 1.54) is 18.2 Å². The van der Waals surface area contributed by atoms with Crippen molar-refractivity contribution in [3.05, 3.63) is 70.4 Å². The van der Waals surface area contributed by atoms with Crippen LogP contribution < -0.4 is 16.0 Å². The van der Waals surface area contributed by atoms with Gasteiger partial charge in [0.1, 0.15) is 17.7 Å². The summed E-state index contributed by atoms with van der Waals surface area (Å²) in [7, 11) is -4.29. The van der Waals surface area contributed by atoms with E-state index in [1.807, 2.05) is 0 Å². The van der Waals surface area contributed by atoms with Crippen LogP contribution >= 0.6 is 0 Å². The number of aromatic nitrogens is 2. The number of nitrogens with one attached hydrogen (secondary N) is 2. The Balaban J connectivity index is 1.43. The molecular weight excluding hydrogens is 550 g/mol. The number of benzene rings is 2. The van der Waals surface area contributed by atoms with Crippen LogP contribution in [0.25, 0.3) is 0 Å². The lowest BCUT2D eigenvalue weighted by molar-refractivity contribution is -0.138. The van der Waals surface area contributed by atoms with Crippen LogP contribution in [-0.4, -0.2) is 64.9 Å². The SMILES string of the molecule is NC(=O)c1ccc(N2CCC[C@@H]2C(=O)O)cc1C(=O)Nc1n[nH]c2c1CN(S(=O)(=O)c1cc(F)cc(F)c1)CC2. The normalized spacial score (nSPS) is 17.4. The lowest BCUT2D eigenvalue weighted by Gasteiger charge is -2.26. The van der Waals surface area contributed by atoms with Gasteiger partial charge in [-0.15, -0.1) is 0 Å². The van der Waals surface area contributed by atoms with Gasteiger partial charge in [0.15, 0.2) is 5.82 Å². The van der Waals surface area contributed by atoms with Crippen LogP contribution in [0.5, 0.6) is 0 Å². The summed E-state index contributed by atoms with van der Waals surface area (Å²) in [6, 6.07) is 5.47. The predicted octanol–water partition coefficient (Wildman–Crippen LogP) is 1.84. The van der Waals surface area contributed by atoms with Crippen LogP contribution in [0.4, 0.5) is 20.3 Å². The molecule has 12 nitrogen and oxygen atoms in total. The van der Waals surface area contributed by atoms with Crippen LogP contribution in [0.3, 0.4) is 0 Å². The third kappa shape index (κ3) is 5.00. The molecule has 1 atom stereocenters. The molecule has 40 heavy (non-hydrogen) atoms. The van der Waals surface area contributed by atoms with Crippen molar-refractivity contribution in [1.82, 2.24) is 14.5 Å². The van der Waals surface area contributed by atoms with E-state index in [1.54, 1.807) is 4.90 Å². The molecule has 0 aliphatic carbocycles. The molecule has 0 saturated carbocycles. The fourth-order valence-corrected chi connectivity index (χ4v) is 6.48. The fraction of sp³-hybridized carbons (Fsp3) is 0.280. The van der Waals surface area contributed by atoms with Crippen molar-refractivity contribution in [2.45, 2.75) is 36.7 Å². The summed E-state index contributed by atoms with van der Waals surface area (Å²) in [5.41, 5.74) is 6.57. The molecule has 1 aromatic heterocycles. The first-order valence-electron chi connectivity index (χ1n) is 12.2. The molecular formula is C25H24F2N6O6S. The Labute approximate surface area is 226 Å². The van der Waals surface area contributed by atoms with E-state index in [4.69, 9.17) is 5.73 Å². The minimum atomic E-state index is -4.29. The Morgan fingerprint density at radius 2 is 1.80 bits per heavy atom. The number of sulfonamides is 1. The number of hydrogen-bond donors (Lipinski definition) is 4. The lowest BCUT2D eigenvalue weighted by Crippen LogP contribution is -2.36. The van der Waals surface area contributed by atoms with E-state index in [0.29, 0.717) is 42.4 Å². The summed E-state index contributed by atoms with van der Waals surface area (Å²) in [5.74, 6) is -4.74. The maximum atomic E-state index is 13.7. The Morgan fingerprint density at radius 1 is 1.07 bits per heavy atom. The maximum absolute atomic E-state index is 13.7. The second-order valence-corrected chi connectivity index (χ2v) is 11.4. The van der Waals surface area contributed by atoms with Crippen molar-refractivity contribution in [1.29, 1.82) is 0 Å². The number of nitrogens with two attached hydrogens (primary N) is 1. The molecule has 3 aromatic rings. The topological polar surface area (TPSA) is 179 Å². The molecule has 3 heterocycles. The number of H-pyrrole nitrogens is 1. The van der Waals surface area contributed by atoms with Crippen molar-refractivity contribution in [3.8, 4) is 0 Å². The van der Waals surface area contributed by atoms with Gasteiger partial charge < -0.3 is 21.1 Å². The third-order valence-electron chi connectivity index (χ3n) is 6.99. The molecule has 15 heteroatoms. The number of rotatable bonds is 7. The highest BCUT2D eigenvalue weighted by Gasteiger charge is 2.34. The van der Waals surface area contributed by atoms with E-state index >= 15 is 0 Å². The highest BCUT2D eigenvalue weighted by Crippen LogP contribution is 2.31. The fourth-order valence-electron chi connectivity index (χ4n) is 5.03. The first-order chi connectivity index (χ1) is 19.0. The van der Waals surface area contributed by atoms with Crippen molar-refractivity contribution < 1.29 is 36.7 Å². The van der Waals surface area contributed by atoms with Crippen molar-refractivity contribution >= 4 is 39.3 Å². The van der Waals surface area contributed by atoms with Crippen LogP contribution in [0.15, 0.2) is 41.3 Å². The molecule has 0 unspecified atom stereocenters. The third-order valence-corrected chi connectivity index (χ3v) is 8.81. The summed E-state index contributed by atoms with van der Waals surface area (Å²) in [6.07, 6.45) is 1.25. The number of carbonyl (C=O) groups is 3. The molecule has 1 fully saturated rings. The zero-order valence-electron chi connectivity index (χ0n) is 20.9. The number of nitrogens with zero attached hydrogens (tertiary/aromatic N) is 3. The number of halogens is 2. The Hall–Kier alpha value is -4.37. The Bertz CT molecular complexity index is 1620. The Kier molecular flexibility index (Phi) is 7.01. The summed E-state index contributed by atoms with van der Waals surface area (Å²) in [6.45, 7) is 0.191. The molecule has 2 aromatic carbocycles. The number of hydrogen-bond acceptors (Lipinski definition) is 7. The van der Waals surface area contributed by atoms with Crippen molar-refractivity contribution in [2.24, 2.45) is 5.73 Å². The molecule has 5 rings (SSSR count). The lowest BCUT2D eigenvalue weighted by atomic mass is 10.0. The van der Waals surface area contributed by atoms with Gasteiger partial charge in [-0.3, -0.25) is 14.7 Å². The Morgan fingerprint density at radius 3 is 2.48 bits per heavy atom. The summed E-state index contributed by atoms with van der Waals surface area (Å²) in [5, 5.41) is 19.0. The molecule has 1 saturated heterocycles. The average molecular weight is 575 g/mol. The summed E-state index contributed by atoms with van der Waals surface area (Å²) in [4.78, 5) is 38.2. The number of fused-ring (bicyclic) bond motifs is 1. The van der Waals surface area contributed by atoms with E-state index in [9.17, 15) is 36.7 Å². The number of anilines is 2. The van der Waals surface area contributed by atoms with Crippen LogP contribution in [0.2, 0.25) is 0 Å². The van der Waals surface area contributed by atoms with Crippen LogP contribution in [-0.2, 0) is 27.8 Å². The van der Waals surface area contributed by atoms with Gasteiger partial charge >= 0.3 is 5.97 Å². The molecule has 2 aliphatic heterocycles. The number of primary amides is 1. The smallest absolute Gasteiger partial charge is 0.326 e. The van der Waals surface area contributed by atoms with Gasteiger partial charge in [-0.2, -0.15) is 9.40 Å². The number of aliphatic carboxylic acids is 1. The largest absolute Gasteiger partial charge is 0.480 e. The van der Waals surface area contributed by atoms with Crippen LogP contribution in [0, 0.1) is 11.6 Å². The highest BCUT2D eigenvalue weighted by atomic mass is 32.2. The van der Waals surface area contributed by atoms with Crippen LogP contribution in [0.1, 0.15) is 44.8 Å². The summed E-state index contributed by atoms with van der Waals surface area (Å²) >= 11 is 0. The predicted molar refractivity (Wildman–Crippen MR) is 137 cm³/mol. The maximum Gasteiger partial charge on any atom is 0.326 e. The summed E-state index contributed by atoms with van der Waals surface area (Å²) < 4.78 is 54.7. The van der Waals surface area contributed by atoms with Gasteiger partial charge in [0, 0.05) is 49.1 Å². The van der Waals surface area contributed by atoms with E-state index < -0.39 is 50.4 Å². The molecule has 0 radical (unpaired) electrons. The van der Waals surface area contributed by atoms with Gasteiger partial charge in [0.2, 0.25) is 15.9 Å². The average Bonchev–Trinajstić information content (AvgIpc) is 3.55. The number of aromatic amines is 1. The van der Waals surface area contributed by atoms with Gasteiger partial charge in [-0.25, -0.2) is 22.0 Å². The molecule has 0 bridgehead atoms. The number of carboxylic acid groups (broad SMARTS) is 1. The molecule has 5 N–H and O–H groups in total. The standard InChI is InChI=1S/C25H24F2N6O6S/c26-13-8-14(27)10-16(9-13)40(38,39)32-7-5-20-19(12-32)23(31-30-20)29-24(35)18-11-15(3-4-17(18)22(28)34)33-6-1-2-21(33)25(36)37/h3-4,8-11,21H,1-2,5-7,12H2,(H2,28,34)(H,36,37)(H2,29,30,31,35)/t21-/m1/s1. The minimum absolute atomic E-state index is 0.00249. The van der Waals surface area contributed by atoms with Gasteiger partial charge in [0.25, 0.3) is 5.91 Å². The van der Waals surface area contributed by atoms with E-state index in [0.717, 1.165) is 16.4 Å². The van der Waals surface area contributed by atoms with E-state index in [2.05, 4.69) is 15.5 Å². The number of carbonyl (C=O) groups excluding carboxylic acids is 2. The monoisotopic (exact) mass is 574 g/mol. The first-order valence-corrected chi connectivity index (χ1v) is 13.7. The second kappa shape index (κ2) is 10.3.